The number of sulfonamides is 1. The molecule has 3 aromatic carbocycles. The number of carbonyl (C=O) groups is 2. The summed E-state index contributed by atoms with van der Waals surface area (Å²) in [5.41, 5.74) is 0.954. The van der Waals surface area contributed by atoms with Gasteiger partial charge in [0.05, 0.1) is 10.6 Å². The molecule has 224 valence electrons. The first kappa shape index (κ1) is 31.8. The monoisotopic (exact) mass is 633 g/mol. The van der Waals surface area contributed by atoms with Crippen molar-refractivity contribution in [2.24, 2.45) is 0 Å². The molecule has 0 aromatic heterocycles. The Kier molecular flexibility index (Phi) is 10.5. The Hall–Kier alpha value is -3.14. The molecule has 0 saturated heterocycles. The fourth-order valence-corrected chi connectivity index (χ4v) is 6.95. The van der Waals surface area contributed by atoms with Crippen molar-refractivity contribution < 1.29 is 22.4 Å². The molecule has 1 saturated carbocycles. The number of hydrogen-bond acceptors (Lipinski definition) is 4. The maximum atomic E-state index is 15.1. The SMILES string of the molecule is Cc1ccc(S(=O)(=O)N(CC(=O)N(Cc2c(Cl)cccc2Cl)[C@H](C)C(=O)NC2CCCCC2)c2ccccc2F)cc1. The third kappa shape index (κ3) is 7.43. The van der Waals surface area contributed by atoms with E-state index in [1.165, 1.54) is 35.2 Å². The molecule has 1 fully saturated rings. The zero-order valence-corrected chi connectivity index (χ0v) is 25.9. The van der Waals surface area contributed by atoms with Crippen molar-refractivity contribution in [3.05, 3.63) is 93.7 Å². The Morgan fingerprint density at radius 2 is 1.57 bits per heavy atom. The third-order valence-corrected chi connectivity index (χ3v) is 10.0. The number of para-hydroxylation sites is 1. The lowest BCUT2D eigenvalue weighted by atomic mass is 9.95. The van der Waals surface area contributed by atoms with Gasteiger partial charge in [-0.05, 0) is 63.1 Å². The second kappa shape index (κ2) is 13.9. The normalized spacial score (nSPS) is 14.7. The van der Waals surface area contributed by atoms with Crippen molar-refractivity contribution in [1.82, 2.24) is 10.2 Å². The van der Waals surface area contributed by atoms with E-state index < -0.39 is 34.3 Å². The van der Waals surface area contributed by atoms with E-state index in [1.54, 1.807) is 37.3 Å². The van der Waals surface area contributed by atoms with Gasteiger partial charge in [-0.15, -0.1) is 0 Å². The zero-order valence-electron chi connectivity index (χ0n) is 23.5. The third-order valence-electron chi connectivity index (χ3n) is 7.52. The van der Waals surface area contributed by atoms with Crippen molar-refractivity contribution in [2.75, 3.05) is 10.8 Å². The summed E-state index contributed by atoms with van der Waals surface area (Å²) < 4.78 is 43.5. The smallest absolute Gasteiger partial charge is 0.264 e. The van der Waals surface area contributed by atoms with Gasteiger partial charge in [0.1, 0.15) is 18.4 Å². The van der Waals surface area contributed by atoms with Crippen LogP contribution in [0.3, 0.4) is 0 Å². The van der Waals surface area contributed by atoms with Crippen molar-refractivity contribution in [3.63, 3.8) is 0 Å². The van der Waals surface area contributed by atoms with Crippen LogP contribution in [0.2, 0.25) is 10.0 Å². The lowest BCUT2D eigenvalue weighted by Gasteiger charge is -2.33. The Morgan fingerprint density at radius 3 is 2.19 bits per heavy atom. The molecule has 0 radical (unpaired) electrons. The highest BCUT2D eigenvalue weighted by Gasteiger charge is 2.34. The number of aryl methyl sites for hydroxylation is 1. The standard InChI is InChI=1S/C31H34Cl2FN3O4S/c1-21-15-17-24(18-16-21)42(40,41)37(29-14-7-6-13-28(29)34)20-30(38)36(19-25-26(32)11-8-12-27(25)33)22(2)31(39)35-23-9-4-3-5-10-23/h6-8,11-18,22-23H,3-5,9-10,19-20H2,1-2H3,(H,35,39)/t22-/m1/s1. The summed E-state index contributed by atoms with van der Waals surface area (Å²) in [6, 6.07) is 15.3. The number of hydrogen-bond donors (Lipinski definition) is 1. The van der Waals surface area contributed by atoms with Crippen molar-refractivity contribution in [1.29, 1.82) is 0 Å². The van der Waals surface area contributed by atoms with Gasteiger partial charge in [-0.3, -0.25) is 13.9 Å². The topological polar surface area (TPSA) is 86.8 Å². The van der Waals surface area contributed by atoms with Gasteiger partial charge in [-0.25, -0.2) is 12.8 Å². The van der Waals surface area contributed by atoms with E-state index in [-0.39, 0.29) is 29.1 Å². The summed E-state index contributed by atoms with van der Waals surface area (Å²) in [5.74, 6) is -1.92. The van der Waals surface area contributed by atoms with Gasteiger partial charge in [0.25, 0.3) is 10.0 Å². The highest BCUT2D eigenvalue weighted by molar-refractivity contribution is 7.92. The van der Waals surface area contributed by atoms with Crippen LogP contribution >= 0.6 is 23.2 Å². The number of nitrogens with zero attached hydrogens (tertiary/aromatic N) is 2. The number of amides is 2. The van der Waals surface area contributed by atoms with Gasteiger partial charge < -0.3 is 10.2 Å². The molecule has 1 aliphatic rings. The average Bonchev–Trinajstić information content (AvgIpc) is 2.96. The van der Waals surface area contributed by atoms with E-state index in [0.717, 1.165) is 48.0 Å². The van der Waals surface area contributed by atoms with Crippen molar-refractivity contribution in [2.45, 2.75) is 69.5 Å². The van der Waals surface area contributed by atoms with Crippen LogP contribution in [0, 0.1) is 12.7 Å². The lowest BCUT2D eigenvalue weighted by molar-refractivity contribution is -0.139. The molecule has 1 atom stereocenters. The molecular formula is C31H34Cl2FN3O4S. The second-order valence-corrected chi connectivity index (χ2v) is 13.2. The number of benzene rings is 3. The summed E-state index contributed by atoms with van der Waals surface area (Å²) in [7, 11) is -4.39. The van der Waals surface area contributed by atoms with Gasteiger partial charge in [0.2, 0.25) is 11.8 Å². The molecule has 0 spiro atoms. The molecule has 0 unspecified atom stereocenters. The number of nitrogens with one attached hydrogen (secondary N) is 1. The molecule has 1 aliphatic carbocycles. The summed E-state index contributed by atoms with van der Waals surface area (Å²) in [5, 5.41) is 3.61. The van der Waals surface area contributed by atoms with Crippen LogP contribution in [0.15, 0.2) is 71.6 Å². The van der Waals surface area contributed by atoms with E-state index in [2.05, 4.69) is 5.32 Å². The molecular weight excluding hydrogens is 600 g/mol. The first-order valence-electron chi connectivity index (χ1n) is 13.9. The number of carbonyl (C=O) groups excluding carboxylic acids is 2. The number of halogens is 3. The molecule has 0 bridgehead atoms. The van der Waals surface area contributed by atoms with Gasteiger partial charge in [0, 0.05) is 28.2 Å². The molecule has 42 heavy (non-hydrogen) atoms. The fraction of sp³-hybridized carbons (Fsp3) is 0.355. The molecule has 0 aliphatic heterocycles. The van der Waals surface area contributed by atoms with Crippen LogP contribution < -0.4 is 9.62 Å². The maximum Gasteiger partial charge on any atom is 0.264 e. The summed E-state index contributed by atoms with van der Waals surface area (Å²) in [6.07, 6.45) is 4.81. The van der Waals surface area contributed by atoms with Crippen molar-refractivity contribution >= 4 is 50.7 Å². The van der Waals surface area contributed by atoms with Crippen LogP contribution in [-0.4, -0.2) is 43.8 Å². The molecule has 4 rings (SSSR count). The highest BCUT2D eigenvalue weighted by Crippen LogP contribution is 2.29. The van der Waals surface area contributed by atoms with Crippen LogP contribution in [0.1, 0.15) is 50.2 Å². The molecule has 3 aromatic rings. The first-order chi connectivity index (χ1) is 20.0. The Balaban J connectivity index is 1.72. The van der Waals surface area contributed by atoms with E-state index in [0.29, 0.717) is 15.6 Å². The maximum absolute atomic E-state index is 15.1. The number of rotatable bonds is 10. The molecule has 11 heteroatoms. The molecule has 1 N–H and O–H groups in total. The van der Waals surface area contributed by atoms with E-state index in [4.69, 9.17) is 23.2 Å². The Bertz CT molecular complexity index is 1510. The summed E-state index contributed by atoms with van der Waals surface area (Å²) in [6.45, 7) is 2.46. The highest BCUT2D eigenvalue weighted by atomic mass is 35.5. The fourth-order valence-electron chi connectivity index (χ4n) is 5.01. The molecule has 0 heterocycles. The minimum absolute atomic E-state index is 0.00798. The lowest BCUT2D eigenvalue weighted by Crippen LogP contribution is -2.53. The van der Waals surface area contributed by atoms with E-state index >= 15 is 4.39 Å². The largest absolute Gasteiger partial charge is 0.352 e. The minimum atomic E-state index is -4.39. The predicted molar refractivity (Wildman–Crippen MR) is 164 cm³/mol. The van der Waals surface area contributed by atoms with Crippen molar-refractivity contribution in [3.8, 4) is 0 Å². The average molecular weight is 635 g/mol. The molecule has 2 amide bonds. The molecule has 7 nitrogen and oxygen atoms in total. The Morgan fingerprint density at radius 1 is 0.952 bits per heavy atom. The summed E-state index contributed by atoms with van der Waals surface area (Å²) in [4.78, 5) is 28.6. The van der Waals surface area contributed by atoms with Gasteiger partial charge in [0.15, 0.2) is 0 Å². The predicted octanol–water partition coefficient (Wildman–Crippen LogP) is 6.50. The van der Waals surface area contributed by atoms with Gasteiger partial charge in [-0.1, -0.05) is 78.4 Å². The van der Waals surface area contributed by atoms with E-state index in [9.17, 15) is 18.0 Å². The quantitative estimate of drug-likeness (QED) is 0.276. The first-order valence-corrected chi connectivity index (χ1v) is 16.1. The van der Waals surface area contributed by atoms with Crippen LogP contribution in [0.4, 0.5) is 10.1 Å². The van der Waals surface area contributed by atoms with Gasteiger partial charge in [-0.2, -0.15) is 0 Å². The summed E-state index contributed by atoms with van der Waals surface area (Å²) >= 11 is 12.9. The zero-order chi connectivity index (χ0) is 30.4. The van der Waals surface area contributed by atoms with Gasteiger partial charge >= 0.3 is 0 Å². The number of anilines is 1. The Labute approximate surface area is 256 Å². The second-order valence-electron chi connectivity index (χ2n) is 10.5. The van der Waals surface area contributed by atoms with E-state index in [1.807, 2.05) is 6.92 Å². The van der Waals surface area contributed by atoms with Crippen LogP contribution in [-0.2, 0) is 26.2 Å². The minimum Gasteiger partial charge on any atom is -0.352 e. The van der Waals surface area contributed by atoms with Crippen LogP contribution in [0.25, 0.3) is 0 Å². The van der Waals surface area contributed by atoms with Crippen LogP contribution in [0.5, 0.6) is 0 Å².